The van der Waals surface area contributed by atoms with E-state index in [0.717, 1.165) is 42.5 Å². The van der Waals surface area contributed by atoms with E-state index in [1.54, 1.807) is 24.3 Å². The number of anilines is 1. The molecular weight excluding hydrogens is 464 g/mol. The average Bonchev–Trinajstić information content (AvgIpc) is 3.32. The zero-order valence-corrected chi connectivity index (χ0v) is 20.8. The number of benzene rings is 3. The molecule has 3 aromatic carbocycles. The molecule has 37 heavy (non-hydrogen) atoms. The second kappa shape index (κ2) is 10.7. The normalized spacial score (nSPS) is 13.1. The molecule has 3 N–H and O–H groups in total. The van der Waals surface area contributed by atoms with E-state index < -0.39 is 0 Å². The molecule has 0 saturated heterocycles. The predicted molar refractivity (Wildman–Crippen MR) is 144 cm³/mol. The van der Waals surface area contributed by atoms with Gasteiger partial charge < -0.3 is 15.7 Å². The zero-order chi connectivity index (χ0) is 25.8. The lowest BCUT2D eigenvalue weighted by Gasteiger charge is -2.25. The number of amides is 2. The molecule has 7 nitrogen and oxygen atoms in total. The fraction of sp³-hybridized carbons (Fsp3) is 0.233. The number of aryl methyl sites for hydroxylation is 1. The van der Waals surface area contributed by atoms with Crippen LogP contribution in [0.25, 0.3) is 11.3 Å². The van der Waals surface area contributed by atoms with Crippen LogP contribution in [0.3, 0.4) is 0 Å². The molecule has 1 aliphatic carbocycles. The van der Waals surface area contributed by atoms with E-state index in [1.807, 2.05) is 48.5 Å². The molecule has 1 aromatic heterocycles. The molecule has 0 aliphatic heterocycles. The van der Waals surface area contributed by atoms with Gasteiger partial charge in [0, 0.05) is 29.3 Å². The third kappa shape index (κ3) is 5.40. The highest BCUT2D eigenvalue weighted by Crippen LogP contribution is 2.39. The lowest BCUT2D eigenvalue weighted by molar-refractivity contribution is 0.102. The first kappa shape index (κ1) is 24.3. The highest BCUT2D eigenvalue weighted by Gasteiger charge is 2.27. The Hall–Kier alpha value is -4.39. The second-order valence-corrected chi connectivity index (χ2v) is 9.37. The first-order valence-corrected chi connectivity index (χ1v) is 12.7. The lowest BCUT2D eigenvalue weighted by atomic mass is 9.82. The van der Waals surface area contributed by atoms with Crippen molar-refractivity contribution in [3.63, 3.8) is 0 Å². The van der Waals surface area contributed by atoms with Crippen molar-refractivity contribution in [2.45, 2.75) is 45.1 Å². The topological polar surface area (TPSA) is 96.2 Å². The molecule has 0 atom stereocenters. The number of carbonyl (C=O) groups excluding carboxylic acids is 2. The minimum atomic E-state index is -0.309. The number of nitrogens with one attached hydrogen (secondary N) is 2. The van der Waals surface area contributed by atoms with Crippen LogP contribution in [0.5, 0.6) is 5.75 Å². The Balaban J connectivity index is 1.39. The minimum absolute atomic E-state index is 0.0276. The van der Waals surface area contributed by atoms with E-state index in [2.05, 4.69) is 22.7 Å². The third-order valence-corrected chi connectivity index (χ3v) is 6.89. The van der Waals surface area contributed by atoms with Gasteiger partial charge in [-0.2, -0.15) is 9.78 Å². The molecule has 0 spiro atoms. The van der Waals surface area contributed by atoms with Gasteiger partial charge in [-0.05, 0) is 66.8 Å². The number of aromatic nitrogens is 2. The van der Waals surface area contributed by atoms with Crippen LogP contribution in [0, 0.1) is 0 Å². The largest absolute Gasteiger partial charge is 0.507 e. The fourth-order valence-corrected chi connectivity index (χ4v) is 4.45. The summed E-state index contributed by atoms with van der Waals surface area (Å²) in [5.41, 5.74) is 5.01. The second-order valence-electron chi connectivity index (χ2n) is 9.37. The van der Waals surface area contributed by atoms with Crippen molar-refractivity contribution in [1.82, 2.24) is 15.1 Å². The maximum absolute atomic E-state index is 13.1. The van der Waals surface area contributed by atoms with Crippen LogP contribution in [0.15, 0.2) is 78.9 Å². The summed E-state index contributed by atoms with van der Waals surface area (Å²) >= 11 is 0. The van der Waals surface area contributed by atoms with Crippen molar-refractivity contribution in [2.75, 3.05) is 5.32 Å². The van der Waals surface area contributed by atoms with Crippen molar-refractivity contribution in [1.29, 1.82) is 0 Å². The highest BCUT2D eigenvalue weighted by atomic mass is 16.3. The van der Waals surface area contributed by atoms with Crippen molar-refractivity contribution in [3.05, 3.63) is 101 Å². The molecule has 0 unspecified atom stereocenters. The highest BCUT2D eigenvalue weighted by molar-refractivity contribution is 6.04. The summed E-state index contributed by atoms with van der Waals surface area (Å²) in [6, 6.07) is 23.6. The van der Waals surface area contributed by atoms with Gasteiger partial charge in [-0.3, -0.25) is 4.79 Å². The molecular formula is C30H30N4O3. The number of hydrogen-bond donors (Lipinski definition) is 3. The Morgan fingerprint density at radius 3 is 2.41 bits per heavy atom. The van der Waals surface area contributed by atoms with E-state index >= 15 is 0 Å². The molecule has 1 heterocycles. The summed E-state index contributed by atoms with van der Waals surface area (Å²) in [6.45, 7) is 2.46. The standard InChI is InChI=1S/C30H30N4O3/c1-2-20-11-13-23(14-12-20)29(36)32-24-15-16-28(35)25(17-24)26-18-27(22-9-6-10-22)34(33-26)30(37)31-19-21-7-4-3-5-8-21/h3-5,7-8,11-18,22,35H,2,6,9-10,19H2,1H3,(H,31,37)(H,32,36). The zero-order valence-electron chi connectivity index (χ0n) is 20.8. The summed E-state index contributed by atoms with van der Waals surface area (Å²) in [4.78, 5) is 25.9. The fourth-order valence-electron chi connectivity index (χ4n) is 4.45. The van der Waals surface area contributed by atoms with E-state index in [-0.39, 0.29) is 23.6 Å². The average molecular weight is 495 g/mol. The first-order chi connectivity index (χ1) is 18.0. The maximum atomic E-state index is 13.1. The Labute approximate surface area is 216 Å². The first-order valence-electron chi connectivity index (χ1n) is 12.7. The molecule has 7 heteroatoms. The molecule has 5 rings (SSSR count). The molecule has 2 amide bonds. The van der Waals surface area contributed by atoms with Crippen LogP contribution in [0.4, 0.5) is 10.5 Å². The van der Waals surface area contributed by atoms with Crippen molar-refractivity contribution in [3.8, 4) is 17.0 Å². The van der Waals surface area contributed by atoms with Crippen LogP contribution in [-0.4, -0.2) is 26.8 Å². The Kier molecular flexibility index (Phi) is 7.03. The van der Waals surface area contributed by atoms with Crippen LogP contribution < -0.4 is 10.6 Å². The minimum Gasteiger partial charge on any atom is -0.507 e. The Bertz CT molecular complexity index is 1410. The number of phenolic OH excluding ortho intramolecular Hbond substituents is 1. The van der Waals surface area contributed by atoms with Gasteiger partial charge in [0.2, 0.25) is 0 Å². The van der Waals surface area contributed by atoms with Gasteiger partial charge in [0.1, 0.15) is 5.75 Å². The van der Waals surface area contributed by atoms with Crippen LogP contribution in [0.2, 0.25) is 0 Å². The lowest BCUT2D eigenvalue weighted by Crippen LogP contribution is -2.31. The summed E-state index contributed by atoms with van der Waals surface area (Å²) in [6.07, 6.45) is 4.01. The van der Waals surface area contributed by atoms with Gasteiger partial charge in [-0.25, -0.2) is 4.79 Å². The number of hydrogen-bond acceptors (Lipinski definition) is 4. The molecule has 188 valence electrons. The van der Waals surface area contributed by atoms with Crippen molar-refractivity contribution < 1.29 is 14.7 Å². The number of phenols is 1. The summed E-state index contributed by atoms with van der Waals surface area (Å²) in [7, 11) is 0. The maximum Gasteiger partial charge on any atom is 0.342 e. The predicted octanol–water partition coefficient (Wildman–Crippen LogP) is 6.10. The number of nitrogens with zero attached hydrogens (tertiary/aromatic N) is 2. The molecule has 4 aromatic rings. The van der Waals surface area contributed by atoms with Crippen LogP contribution >= 0.6 is 0 Å². The van der Waals surface area contributed by atoms with Crippen LogP contribution in [-0.2, 0) is 13.0 Å². The van der Waals surface area contributed by atoms with Gasteiger partial charge in [-0.15, -0.1) is 0 Å². The third-order valence-electron chi connectivity index (χ3n) is 6.89. The van der Waals surface area contributed by atoms with Crippen molar-refractivity contribution >= 4 is 17.6 Å². The SMILES string of the molecule is CCc1ccc(C(=O)Nc2ccc(O)c(-c3cc(C4CCC4)n(C(=O)NCc4ccccc4)n3)c2)cc1. The molecule has 1 saturated carbocycles. The van der Waals surface area contributed by atoms with Gasteiger partial charge in [0.05, 0.1) is 11.4 Å². The van der Waals surface area contributed by atoms with Gasteiger partial charge >= 0.3 is 6.03 Å². The summed E-state index contributed by atoms with van der Waals surface area (Å²) < 4.78 is 1.42. The van der Waals surface area contributed by atoms with Gasteiger partial charge in [0.15, 0.2) is 0 Å². The molecule has 0 bridgehead atoms. The van der Waals surface area contributed by atoms with Crippen LogP contribution in [0.1, 0.15) is 59.3 Å². The molecule has 1 aliphatic rings. The van der Waals surface area contributed by atoms with E-state index in [9.17, 15) is 14.7 Å². The summed E-state index contributed by atoms with van der Waals surface area (Å²) in [5.74, 6) is 0.0416. The van der Waals surface area contributed by atoms with E-state index in [4.69, 9.17) is 0 Å². The number of carbonyl (C=O) groups is 2. The number of aromatic hydroxyl groups is 1. The Morgan fingerprint density at radius 2 is 1.73 bits per heavy atom. The van der Waals surface area contributed by atoms with Gasteiger partial charge in [-0.1, -0.05) is 55.8 Å². The van der Waals surface area contributed by atoms with Crippen molar-refractivity contribution in [2.24, 2.45) is 0 Å². The Morgan fingerprint density at radius 1 is 0.973 bits per heavy atom. The monoisotopic (exact) mass is 494 g/mol. The summed E-state index contributed by atoms with van der Waals surface area (Å²) in [5, 5.41) is 21.1. The quantitative estimate of drug-likeness (QED) is 0.271. The molecule has 1 fully saturated rings. The number of rotatable bonds is 7. The van der Waals surface area contributed by atoms with E-state index in [1.165, 1.54) is 10.7 Å². The van der Waals surface area contributed by atoms with Gasteiger partial charge in [0.25, 0.3) is 5.91 Å². The molecule has 0 radical (unpaired) electrons. The smallest absolute Gasteiger partial charge is 0.342 e. The van der Waals surface area contributed by atoms with E-state index in [0.29, 0.717) is 29.1 Å².